The zero-order valence-electron chi connectivity index (χ0n) is 17.5. The van der Waals surface area contributed by atoms with Gasteiger partial charge in [0.2, 0.25) is 0 Å². The van der Waals surface area contributed by atoms with E-state index in [1.807, 2.05) is 19.1 Å². The van der Waals surface area contributed by atoms with Crippen molar-refractivity contribution in [2.24, 2.45) is 5.92 Å². The van der Waals surface area contributed by atoms with Crippen molar-refractivity contribution in [3.63, 3.8) is 0 Å². The lowest BCUT2D eigenvalue weighted by atomic mass is 9.77. The number of aryl methyl sites for hydroxylation is 1. The number of hydrogen-bond donors (Lipinski definition) is 1. The van der Waals surface area contributed by atoms with E-state index in [1.54, 1.807) is 18.2 Å². The Morgan fingerprint density at radius 2 is 1.97 bits per heavy atom. The molecule has 1 amide bonds. The lowest BCUT2D eigenvalue weighted by Gasteiger charge is -2.35. The van der Waals surface area contributed by atoms with Gasteiger partial charge in [-0.2, -0.15) is 0 Å². The quantitative estimate of drug-likeness (QED) is 0.816. The molecule has 3 heterocycles. The van der Waals surface area contributed by atoms with Crippen LogP contribution in [0.5, 0.6) is 11.5 Å². The number of nitrogens with zero attached hydrogens (tertiary/aromatic N) is 2. The molecule has 3 unspecified atom stereocenters. The second-order valence-electron chi connectivity index (χ2n) is 8.30. The molecular formula is C24H24N2O5. The highest BCUT2D eigenvalue weighted by Crippen LogP contribution is 2.48. The fraction of sp³-hybridized carbons (Fsp3) is 0.375. The normalized spacial score (nSPS) is 25.2. The molecule has 0 saturated heterocycles. The third-order valence-electron chi connectivity index (χ3n) is 6.40. The van der Waals surface area contributed by atoms with Crippen molar-refractivity contribution in [2.75, 3.05) is 12.0 Å². The first kappa shape index (κ1) is 19.6. The number of methoxy groups -OCH3 is 1. The number of carbonyl (C=O) groups excluding carboxylic acids is 2. The van der Waals surface area contributed by atoms with Crippen LogP contribution in [0.15, 0.2) is 47.7 Å². The Morgan fingerprint density at radius 1 is 1.16 bits per heavy atom. The van der Waals surface area contributed by atoms with E-state index in [2.05, 4.69) is 4.98 Å². The van der Waals surface area contributed by atoms with Gasteiger partial charge in [-0.15, -0.1) is 0 Å². The lowest BCUT2D eigenvalue weighted by molar-refractivity contribution is -0.131. The van der Waals surface area contributed by atoms with Crippen LogP contribution in [0.2, 0.25) is 0 Å². The van der Waals surface area contributed by atoms with Gasteiger partial charge in [0.05, 0.1) is 24.6 Å². The van der Waals surface area contributed by atoms with E-state index in [9.17, 15) is 14.7 Å². The molecule has 3 aliphatic rings. The number of ketones is 1. The molecule has 1 fully saturated rings. The largest absolute Gasteiger partial charge is 0.504 e. The number of aromatic hydroxyl groups is 1. The molecule has 2 aliphatic heterocycles. The minimum Gasteiger partial charge on any atom is -0.504 e. The first-order valence-corrected chi connectivity index (χ1v) is 10.6. The summed E-state index contributed by atoms with van der Waals surface area (Å²) in [5.41, 5.74) is 1.80. The highest BCUT2D eigenvalue weighted by Gasteiger charge is 2.52. The predicted molar refractivity (Wildman–Crippen MR) is 113 cm³/mol. The van der Waals surface area contributed by atoms with Crippen LogP contribution < -0.4 is 9.64 Å². The van der Waals surface area contributed by atoms with Gasteiger partial charge in [-0.3, -0.25) is 14.5 Å². The summed E-state index contributed by atoms with van der Waals surface area (Å²) in [7, 11) is 1.46. The van der Waals surface area contributed by atoms with E-state index in [0.717, 1.165) is 31.4 Å². The number of ether oxygens (including phenoxy) is 2. The predicted octanol–water partition coefficient (Wildman–Crippen LogP) is 3.60. The lowest BCUT2D eigenvalue weighted by Crippen LogP contribution is -2.39. The summed E-state index contributed by atoms with van der Waals surface area (Å²) in [6, 6.07) is 9.62. The van der Waals surface area contributed by atoms with E-state index in [4.69, 9.17) is 9.47 Å². The maximum atomic E-state index is 13.6. The second-order valence-corrected chi connectivity index (χ2v) is 8.30. The minimum absolute atomic E-state index is 0.0106. The number of rotatable bonds is 3. The number of benzene rings is 1. The zero-order chi connectivity index (χ0) is 21.7. The van der Waals surface area contributed by atoms with Crippen LogP contribution in [-0.4, -0.2) is 35.0 Å². The third-order valence-corrected chi connectivity index (χ3v) is 6.40. The number of amides is 1. The average molecular weight is 420 g/mol. The first-order valence-electron chi connectivity index (χ1n) is 10.6. The highest BCUT2D eigenvalue weighted by atomic mass is 16.5. The fourth-order valence-electron chi connectivity index (χ4n) is 4.92. The Kier molecular flexibility index (Phi) is 4.68. The van der Waals surface area contributed by atoms with Crippen LogP contribution in [-0.2, 0) is 14.3 Å². The summed E-state index contributed by atoms with van der Waals surface area (Å²) in [5.74, 6) is 0.241. The average Bonchev–Trinajstić information content (AvgIpc) is 3.07. The number of phenolic OH excluding ortho intramolecular Hbond substituents is 1. The summed E-state index contributed by atoms with van der Waals surface area (Å²) >= 11 is 0. The number of carbonyl (C=O) groups is 2. The first-order chi connectivity index (χ1) is 15.0. The molecular weight excluding hydrogens is 396 g/mol. The van der Waals surface area contributed by atoms with Gasteiger partial charge in [0.25, 0.3) is 5.91 Å². The fourth-order valence-corrected chi connectivity index (χ4v) is 4.92. The van der Waals surface area contributed by atoms with Crippen molar-refractivity contribution in [2.45, 2.75) is 44.8 Å². The Balaban J connectivity index is 1.68. The number of phenols is 1. The molecule has 7 heteroatoms. The molecule has 0 radical (unpaired) electrons. The minimum atomic E-state index is -0.693. The summed E-state index contributed by atoms with van der Waals surface area (Å²) in [5, 5.41) is 10.1. The van der Waals surface area contributed by atoms with Crippen LogP contribution in [0.3, 0.4) is 0 Å². The maximum Gasteiger partial charge on any atom is 0.295 e. The molecule has 1 N–H and O–H groups in total. The summed E-state index contributed by atoms with van der Waals surface area (Å²) in [6.07, 6.45) is 3.27. The SMILES string of the molecule is COc1cc(C2C3=C(OC4CCCCC4C3=O)C(=O)N2c2cccc(C)n2)ccc1O. The monoisotopic (exact) mass is 420 g/mol. The van der Waals surface area contributed by atoms with Crippen LogP contribution in [0.1, 0.15) is 43.0 Å². The van der Waals surface area contributed by atoms with Crippen molar-refractivity contribution in [3.05, 3.63) is 59.0 Å². The Hall–Kier alpha value is -3.35. The van der Waals surface area contributed by atoms with Crippen LogP contribution >= 0.6 is 0 Å². The highest BCUT2D eigenvalue weighted by molar-refractivity contribution is 6.17. The molecule has 31 heavy (non-hydrogen) atoms. The third kappa shape index (κ3) is 3.07. The summed E-state index contributed by atoms with van der Waals surface area (Å²) in [4.78, 5) is 33.2. The number of fused-ring (bicyclic) bond motifs is 1. The van der Waals surface area contributed by atoms with Gasteiger partial charge in [0.1, 0.15) is 11.9 Å². The molecule has 1 aliphatic carbocycles. The second kappa shape index (κ2) is 7.41. The molecule has 2 aromatic rings. The van der Waals surface area contributed by atoms with E-state index in [0.29, 0.717) is 17.0 Å². The van der Waals surface area contributed by atoms with Gasteiger partial charge in [0, 0.05) is 5.69 Å². The van der Waals surface area contributed by atoms with E-state index < -0.39 is 6.04 Å². The summed E-state index contributed by atoms with van der Waals surface area (Å²) in [6.45, 7) is 1.85. The number of aromatic nitrogens is 1. The smallest absolute Gasteiger partial charge is 0.295 e. The molecule has 0 bridgehead atoms. The van der Waals surface area contributed by atoms with Crippen molar-refractivity contribution in [1.29, 1.82) is 0 Å². The van der Waals surface area contributed by atoms with Crippen LogP contribution in [0.4, 0.5) is 5.82 Å². The van der Waals surface area contributed by atoms with Crippen molar-refractivity contribution in [1.82, 2.24) is 4.98 Å². The molecule has 1 saturated carbocycles. The van der Waals surface area contributed by atoms with Gasteiger partial charge in [-0.1, -0.05) is 18.6 Å². The Bertz CT molecular complexity index is 1110. The van der Waals surface area contributed by atoms with Gasteiger partial charge < -0.3 is 14.6 Å². The van der Waals surface area contributed by atoms with Crippen molar-refractivity contribution >= 4 is 17.5 Å². The molecule has 160 valence electrons. The standard InChI is InChI=1S/C24H24N2O5/c1-13-6-5-9-19(25-13)26-21(14-10-11-16(27)18(12-14)30-2)20-22(28)15-7-3-4-8-17(15)31-23(20)24(26)29/h5-6,9-12,15,17,21,27H,3-4,7-8H2,1-2H3. The maximum absolute atomic E-state index is 13.6. The number of pyridine rings is 1. The van der Waals surface area contributed by atoms with Gasteiger partial charge in [0.15, 0.2) is 23.0 Å². The van der Waals surface area contributed by atoms with Gasteiger partial charge >= 0.3 is 0 Å². The van der Waals surface area contributed by atoms with Crippen LogP contribution in [0.25, 0.3) is 0 Å². The van der Waals surface area contributed by atoms with Crippen molar-refractivity contribution < 1.29 is 24.2 Å². The molecule has 7 nitrogen and oxygen atoms in total. The van der Waals surface area contributed by atoms with E-state index in [1.165, 1.54) is 18.1 Å². The van der Waals surface area contributed by atoms with Gasteiger partial charge in [-0.05, 0) is 56.0 Å². The van der Waals surface area contributed by atoms with Crippen LogP contribution in [0, 0.1) is 12.8 Å². The zero-order valence-corrected chi connectivity index (χ0v) is 17.5. The molecule has 5 rings (SSSR count). The molecule has 3 atom stereocenters. The molecule has 1 aromatic heterocycles. The number of Topliss-reactive ketones (excluding diaryl/α,β-unsaturated/α-hetero) is 1. The molecule has 0 spiro atoms. The summed E-state index contributed by atoms with van der Waals surface area (Å²) < 4.78 is 11.4. The number of hydrogen-bond acceptors (Lipinski definition) is 6. The Morgan fingerprint density at radius 3 is 2.74 bits per heavy atom. The molecule has 1 aromatic carbocycles. The topological polar surface area (TPSA) is 89.0 Å². The number of anilines is 1. The van der Waals surface area contributed by atoms with Crippen molar-refractivity contribution in [3.8, 4) is 11.5 Å². The van der Waals surface area contributed by atoms with Gasteiger partial charge in [-0.25, -0.2) is 4.98 Å². The van der Waals surface area contributed by atoms with E-state index in [-0.39, 0.29) is 41.0 Å². The Labute approximate surface area is 180 Å². The van der Waals surface area contributed by atoms with E-state index >= 15 is 0 Å².